The minimum atomic E-state index is -3.62. The predicted molar refractivity (Wildman–Crippen MR) is 58.3 cm³/mol. The van der Waals surface area contributed by atoms with Crippen LogP contribution in [0.25, 0.3) is 0 Å². The second-order valence-electron chi connectivity index (χ2n) is 3.19. The van der Waals surface area contributed by atoms with E-state index in [9.17, 15) is 12.8 Å². The third kappa shape index (κ3) is 4.22. The molecule has 0 amide bonds. The van der Waals surface area contributed by atoms with Crippen molar-refractivity contribution in [3.8, 4) is 0 Å². The maximum absolute atomic E-state index is 12.7. The molecule has 18 heavy (non-hydrogen) atoms. The molecule has 0 aromatic heterocycles. The summed E-state index contributed by atoms with van der Waals surface area (Å²) < 4.78 is 44.1. The van der Waals surface area contributed by atoms with Crippen molar-refractivity contribution in [1.82, 2.24) is 0 Å². The van der Waals surface area contributed by atoms with Gasteiger partial charge in [0, 0.05) is 62.2 Å². The van der Waals surface area contributed by atoms with Gasteiger partial charge in [-0.05, 0) is 36.4 Å². The molecule has 2 rings (SSSR count). The molecule has 0 fully saturated rings. The molecule has 0 unspecified atom stereocenters. The van der Waals surface area contributed by atoms with Crippen molar-refractivity contribution in [3.05, 3.63) is 60.4 Å². The Bertz CT molecular complexity index is 576. The Balaban J connectivity index is 0.00000162. The van der Waals surface area contributed by atoms with Gasteiger partial charge in [-0.25, -0.2) is 12.8 Å². The topological polar surface area (TPSA) is 34.1 Å². The van der Waals surface area contributed by atoms with Gasteiger partial charge >= 0.3 is 0 Å². The summed E-state index contributed by atoms with van der Waals surface area (Å²) in [5.41, 5.74) is 0. The maximum Gasteiger partial charge on any atom is 0.206 e. The standard InChI is InChI=1S/C12H9FO2S.2U/c13-10-6-8-12(9-7-10)16(14,15)11-4-2-1-3-5-11;;/h1-9H;;/i1D;;. The monoisotopic (exact) mass is 713 g/mol. The molecule has 2 aromatic carbocycles. The SMILES string of the molecule is [2H]c1ccc(S(=O)(=O)c2ccc(F)cc2)cc1.[U].[U]. The zero-order valence-electron chi connectivity index (χ0n) is 10.2. The van der Waals surface area contributed by atoms with E-state index in [-0.39, 0.29) is 78.1 Å². The van der Waals surface area contributed by atoms with Crippen molar-refractivity contribution in [2.45, 2.75) is 9.79 Å². The van der Waals surface area contributed by atoms with Gasteiger partial charge in [0.1, 0.15) is 5.82 Å². The summed E-state index contributed by atoms with van der Waals surface area (Å²) in [6, 6.07) is 10.4. The Morgan fingerprint density at radius 1 is 0.889 bits per heavy atom. The molecule has 0 radical (unpaired) electrons. The van der Waals surface area contributed by atoms with Crippen molar-refractivity contribution >= 4 is 9.84 Å². The molecule has 2 nitrogen and oxygen atoms in total. The van der Waals surface area contributed by atoms with E-state index in [2.05, 4.69) is 0 Å². The fraction of sp³-hybridized carbons (Fsp3) is 0. The van der Waals surface area contributed by atoms with Gasteiger partial charge in [0.05, 0.1) is 11.2 Å². The van der Waals surface area contributed by atoms with Crippen LogP contribution in [0, 0.1) is 68.0 Å². The van der Waals surface area contributed by atoms with E-state index in [1.165, 1.54) is 36.4 Å². The van der Waals surface area contributed by atoms with Crippen LogP contribution in [0.1, 0.15) is 1.37 Å². The molecule has 90 valence electrons. The van der Waals surface area contributed by atoms with E-state index in [1.807, 2.05) is 0 Å². The van der Waals surface area contributed by atoms with E-state index < -0.39 is 15.7 Å². The first kappa shape index (κ1) is 16.5. The molecule has 0 saturated heterocycles. The Morgan fingerprint density at radius 3 is 1.83 bits per heavy atom. The smallest absolute Gasteiger partial charge is 0.206 e. The van der Waals surface area contributed by atoms with E-state index in [0.29, 0.717) is 0 Å². The molecule has 0 aliphatic carbocycles. The first-order valence-corrected chi connectivity index (χ1v) is 6.06. The Hall–Kier alpha value is 0.424. The quantitative estimate of drug-likeness (QED) is 0.450. The van der Waals surface area contributed by atoms with Crippen LogP contribution in [0.4, 0.5) is 4.39 Å². The van der Waals surface area contributed by atoms with Crippen LogP contribution in [-0.2, 0) is 9.84 Å². The second kappa shape index (κ2) is 7.88. The summed E-state index contributed by atoms with van der Waals surface area (Å²) in [6.45, 7) is 0. The summed E-state index contributed by atoms with van der Waals surface area (Å²) in [5, 5.41) is 0. The zero-order valence-corrected chi connectivity index (χ0v) is 18.4. The number of hydrogen-bond donors (Lipinski definition) is 0. The molecule has 0 bridgehead atoms. The molecule has 0 saturated carbocycles. The summed E-state index contributed by atoms with van der Waals surface area (Å²) in [5.74, 6) is -0.481. The zero-order chi connectivity index (χ0) is 12.5. The number of halogens is 1. The molecule has 0 spiro atoms. The Kier molecular flexibility index (Phi) is 7.21. The van der Waals surface area contributed by atoms with Gasteiger partial charge in [-0.2, -0.15) is 0 Å². The van der Waals surface area contributed by atoms with Gasteiger partial charge in [-0.3, -0.25) is 0 Å². The first-order chi connectivity index (χ1) is 8.00. The first-order valence-electron chi connectivity index (χ1n) is 5.07. The third-order valence-corrected chi connectivity index (χ3v) is 3.91. The van der Waals surface area contributed by atoms with Crippen molar-refractivity contribution in [3.63, 3.8) is 0 Å². The Morgan fingerprint density at radius 2 is 1.33 bits per heavy atom. The van der Waals surface area contributed by atoms with Crippen molar-refractivity contribution in [2.24, 2.45) is 0 Å². The normalized spacial score (nSPS) is 10.8. The molecule has 0 atom stereocenters. The van der Waals surface area contributed by atoms with Crippen molar-refractivity contribution in [2.75, 3.05) is 0 Å². The minimum absolute atomic E-state index is 0. The fourth-order valence-corrected chi connectivity index (χ4v) is 2.56. The molecule has 2 aromatic rings. The molecular weight excluding hydrogens is 703 g/mol. The van der Waals surface area contributed by atoms with E-state index in [4.69, 9.17) is 1.37 Å². The average molecular weight is 713 g/mol. The molecule has 0 aliphatic rings. The van der Waals surface area contributed by atoms with Gasteiger partial charge in [0.15, 0.2) is 0 Å². The molecular formula is C12H9FO2SU2. The van der Waals surface area contributed by atoms with Crippen molar-refractivity contribution in [1.29, 1.82) is 0 Å². The van der Waals surface area contributed by atoms with Crippen LogP contribution < -0.4 is 0 Å². The number of sulfone groups is 1. The second-order valence-corrected chi connectivity index (χ2v) is 5.14. The van der Waals surface area contributed by atoms with Crippen LogP contribution in [0.3, 0.4) is 0 Å². The molecule has 0 aliphatic heterocycles. The summed E-state index contributed by atoms with van der Waals surface area (Å²) in [4.78, 5) is 0.136. The predicted octanol–water partition coefficient (Wildman–Crippen LogP) is 2.66. The molecule has 0 heterocycles. The van der Waals surface area contributed by atoms with Crippen LogP contribution in [0.5, 0.6) is 0 Å². The van der Waals surface area contributed by atoms with Crippen LogP contribution >= 0.6 is 0 Å². The van der Waals surface area contributed by atoms with Crippen LogP contribution in [0.2, 0.25) is 0 Å². The molecule has 0 N–H and O–H groups in total. The van der Waals surface area contributed by atoms with Crippen LogP contribution in [0.15, 0.2) is 64.4 Å². The van der Waals surface area contributed by atoms with Gasteiger partial charge < -0.3 is 0 Å². The van der Waals surface area contributed by atoms with Crippen LogP contribution in [-0.4, -0.2) is 8.42 Å². The average Bonchev–Trinajstić information content (AvgIpc) is 2.30. The van der Waals surface area contributed by atoms with Gasteiger partial charge in [0.2, 0.25) is 9.84 Å². The number of benzene rings is 2. The van der Waals surface area contributed by atoms with Gasteiger partial charge in [-0.15, -0.1) is 0 Å². The van der Waals surface area contributed by atoms with E-state index in [1.54, 1.807) is 0 Å². The summed E-state index contributed by atoms with van der Waals surface area (Å²) >= 11 is 0. The maximum atomic E-state index is 12.7. The summed E-state index contributed by atoms with van der Waals surface area (Å²) in [6.07, 6.45) is 0. The molecule has 6 heteroatoms. The van der Waals surface area contributed by atoms with E-state index in [0.717, 1.165) is 12.1 Å². The fourth-order valence-electron chi connectivity index (χ4n) is 1.30. The van der Waals surface area contributed by atoms with Crippen molar-refractivity contribution < 1.29 is 76.4 Å². The van der Waals surface area contributed by atoms with E-state index >= 15 is 0 Å². The largest absolute Gasteiger partial charge is 0.219 e. The number of rotatable bonds is 2. The van der Waals surface area contributed by atoms with Gasteiger partial charge in [0.25, 0.3) is 0 Å². The minimum Gasteiger partial charge on any atom is -0.219 e. The summed E-state index contributed by atoms with van der Waals surface area (Å²) in [7, 11) is -3.62. The number of hydrogen-bond acceptors (Lipinski definition) is 2. The Labute approximate surface area is 154 Å². The van der Waals surface area contributed by atoms with Gasteiger partial charge in [-0.1, -0.05) is 18.2 Å². The third-order valence-electron chi connectivity index (χ3n) is 2.12.